The fourth-order valence-corrected chi connectivity index (χ4v) is 3.23. The van der Waals surface area contributed by atoms with E-state index in [0.717, 1.165) is 0 Å². The minimum Gasteiger partial charge on any atom is -0.478 e. The molecule has 0 atom stereocenters. The normalized spacial score (nSPS) is 17.0. The van der Waals surface area contributed by atoms with Gasteiger partial charge in [0.25, 0.3) is 0 Å². The third kappa shape index (κ3) is 3.45. The molecule has 0 radical (unpaired) electrons. The minimum absolute atomic E-state index is 0.00601. The Morgan fingerprint density at radius 2 is 1.95 bits per heavy atom. The van der Waals surface area contributed by atoms with Crippen LogP contribution in [0.1, 0.15) is 23.2 Å². The monoisotopic (exact) mass is 319 g/mol. The number of hydrogen-bond donors (Lipinski definition) is 1. The van der Waals surface area contributed by atoms with Crippen LogP contribution in [-0.2, 0) is 0 Å². The first-order chi connectivity index (χ1) is 9.84. The van der Waals surface area contributed by atoms with Gasteiger partial charge in [-0.3, -0.25) is 0 Å². The van der Waals surface area contributed by atoms with Crippen molar-refractivity contribution in [3.05, 3.63) is 23.8 Å². The lowest BCUT2D eigenvalue weighted by Crippen LogP contribution is -2.39. The van der Waals surface area contributed by atoms with Crippen molar-refractivity contribution in [2.75, 3.05) is 24.2 Å². The molecule has 21 heavy (non-hydrogen) atoms. The standard InChI is InChI=1S/C14H16F3NO2S/c1-21-11-4-2-3-10(12(11)13(19)20)18-7-5-9(6-8-18)14(15,16)17/h2-4,9H,5-8H2,1H3,(H,19,20). The summed E-state index contributed by atoms with van der Waals surface area (Å²) in [5, 5.41) is 9.37. The summed E-state index contributed by atoms with van der Waals surface area (Å²) in [6.45, 7) is 0.449. The number of piperidine rings is 1. The summed E-state index contributed by atoms with van der Waals surface area (Å²) in [7, 11) is 0. The zero-order chi connectivity index (χ0) is 15.6. The molecule has 1 aromatic carbocycles. The fourth-order valence-electron chi connectivity index (χ4n) is 2.62. The van der Waals surface area contributed by atoms with Crippen LogP contribution in [0, 0.1) is 5.92 Å². The number of halogens is 3. The molecule has 1 N–H and O–H groups in total. The van der Waals surface area contributed by atoms with Crippen LogP contribution >= 0.6 is 11.8 Å². The molecule has 1 heterocycles. The summed E-state index contributed by atoms with van der Waals surface area (Å²) < 4.78 is 38.0. The van der Waals surface area contributed by atoms with E-state index in [9.17, 15) is 23.1 Å². The van der Waals surface area contributed by atoms with Crippen molar-refractivity contribution in [1.29, 1.82) is 0 Å². The number of nitrogens with zero attached hydrogens (tertiary/aromatic N) is 1. The van der Waals surface area contributed by atoms with Gasteiger partial charge in [-0.05, 0) is 31.2 Å². The molecule has 0 spiro atoms. The second-order valence-electron chi connectivity index (χ2n) is 4.96. The van der Waals surface area contributed by atoms with Crippen molar-refractivity contribution in [2.24, 2.45) is 5.92 Å². The number of anilines is 1. The van der Waals surface area contributed by atoms with E-state index in [1.165, 1.54) is 11.8 Å². The molecule has 0 aliphatic carbocycles. The third-order valence-electron chi connectivity index (χ3n) is 3.74. The molecule has 3 nitrogen and oxygen atoms in total. The SMILES string of the molecule is CSc1cccc(N2CCC(C(F)(F)F)CC2)c1C(=O)O. The number of carboxylic acid groups (broad SMARTS) is 1. The maximum absolute atomic E-state index is 12.7. The Morgan fingerprint density at radius 1 is 1.33 bits per heavy atom. The van der Waals surface area contributed by atoms with Crippen LogP contribution in [0.15, 0.2) is 23.1 Å². The number of hydrogen-bond acceptors (Lipinski definition) is 3. The highest BCUT2D eigenvalue weighted by Gasteiger charge is 2.41. The minimum atomic E-state index is -4.16. The van der Waals surface area contributed by atoms with Gasteiger partial charge in [0.05, 0.1) is 17.2 Å². The van der Waals surface area contributed by atoms with Gasteiger partial charge in [-0.1, -0.05) is 6.07 Å². The number of rotatable bonds is 3. The molecule has 0 amide bonds. The molecule has 0 saturated carbocycles. The maximum Gasteiger partial charge on any atom is 0.391 e. The number of thioether (sulfide) groups is 1. The molecule has 0 aromatic heterocycles. The van der Waals surface area contributed by atoms with E-state index in [0.29, 0.717) is 10.6 Å². The zero-order valence-corrected chi connectivity index (χ0v) is 12.3. The summed E-state index contributed by atoms with van der Waals surface area (Å²) >= 11 is 1.32. The second kappa shape index (κ2) is 6.17. The van der Waals surface area contributed by atoms with Crippen LogP contribution in [0.5, 0.6) is 0 Å². The second-order valence-corrected chi connectivity index (χ2v) is 5.81. The van der Waals surface area contributed by atoms with E-state index in [1.807, 2.05) is 0 Å². The number of carbonyl (C=O) groups is 1. The van der Waals surface area contributed by atoms with Gasteiger partial charge < -0.3 is 10.0 Å². The van der Waals surface area contributed by atoms with E-state index in [-0.39, 0.29) is 31.5 Å². The summed E-state index contributed by atoms with van der Waals surface area (Å²) in [6.07, 6.45) is -2.37. The molecule has 1 aliphatic rings. The summed E-state index contributed by atoms with van der Waals surface area (Å²) in [6, 6.07) is 5.11. The Balaban J connectivity index is 2.23. The molecule has 0 bridgehead atoms. The first kappa shape index (κ1) is 16.0. The first-order valence-electron chi connectivity index (χ1n) is 6.56. The molecule has 1 fully saturated rings. The van der Waals surface area contributed by atoms with E-state index < -0.39 is 18.1 Å². The highest BCUT2D eigenvalue weighted by atomic mass is 32.2. The highest BCUT2D eigenvalue weighted by Crippen LogP contribution is 2.37. The van der Waals surface area contributed by atoms with E-state index in [2.05, 4.69) is 0 Å². The van der Waals surface area contributed by atoms with Gasteiger partial charge in [-0.15, -0.1) is 11.8 Å². The lowest BCUT2D eigenvalue weighted by molar-refractivity contribution is -0.179. The van der Waals surface area contributed by atoms with Gasteiger partial charge in [-0.2, -0.15) is 13.2 Å². The highest BCUT2D eigenvalue weighted by molar-refractivity contribution is 7.98. The van der Waals surface area contributed by atoms with Gasteiger partial charge >= 0.3 is 12.1 Å². The Morgan fingerprint density at radius 3 is 2.43 bits per heavy atom. The Kier molecular flexibility index (Phi) is 4.70. The van der Waals surface area contributed by atoms with E-state index in [1.54, 1.807) is 29.4 Å². The molecular formula is C14H16F3NO2S. The average Bonchev–Trinajstić information content (AvgIpc) is 2.45. The molecule has 2 rings (SSSR count). The molecule has 1 saturated heterocycles. The van der Waals surface area contributed by atoms with Crippen molar-refractivity contribution >= 4 is 23.4 Å². The molecule has 7 heteroatoms. The molecule has 1 aliphatic heterocycles. The summed E-state index contributed by atoms with van der Waals surface area (Å²) in [4.78, 5) is 13.8. The average molecular weight is 319 g/mol. The van der Waals surface area contributed by atoms with Crippen molar-refractivity contribution in [1.82, 2.24) is 0 Å². The van der Waals surface area contributed by atoms with Gasteiger partial charge in [0.15, 0.2) is 0 Å². The molecule has 0 unspecified atom stereocenters. The Labute approximate surface area is 125 Å². The molecule has 1 aromatic rings. The predicted octanol–water partition coefficient (Wildman–Crippen LogP) is 3.89. The first-order valence-corrected chi connectivity index (χ1v) is 7.79. The van der Waals surface area contributed by atoms with Gasteiger partial charge in [-0.25, -0.2) is 4.79 Å². The molecule has 116 valence electrons. The van der Waals surface area contributed by atoms with E-state index >= 15 is 0 Å². The van der Waals surface area contributed by atoms with Crippen LogP contribution in [-0.4, -0.2) is 36.6 Å². The van der Waals surface area contributed by atoms with Crippen LogP contribution in [0.4, 0.5) is 18.9 Å². The van der Waals surface area contributed by atoms with Crippen LogP contribution in [0.2, 0.25) is 0 Å². The van der Waals surface area contributed by atoms with E-state index in [4.69, 9.17) is 0 Å². The van der Waals surface area contributed by atoms with Crippen LogP contribution < -0.4 is 4.90 Å². The largest absolute Gasteiger partial charge is 0.478 e. The number of carboxylic acids is 1. The number of benzene rings is 1. The van der Waals surface area contributed by atoms with Crippen LogP contribution in [0.25, 0.3) is 0 Å². The lowest BCUT2D eigenvalue weighted by atomic mass is 9.95. The molecular weight excluding hydrogens is 303 g/mol. The van der Waals surface area contributed by atoms with Gasteiger partial charge in [0.2, 0.25) is 0 Å². The third-order valence-corrected chi connectivity index (χ3v) is 4.52. The van der Waals surface area contributed by atoms with Crippen molar-refractivity contribution in [3.8, 4) is 0 Å². The van der Waals surface area contributed by atoms with Gasteiger partial charge in [0.1, 0.15) is 0 Å². The number of aromatic carboxylic acids is 1. The quantitative estimate of drug-likeness (QED) is 0.858. The van der Waals surface area contributed by atoms with Crippen molar-refractivity contribution in [2.45, 2.75) is 23.9 Å². The number of alkyl halides is 3. The Bertz CT molecular complexity index is 525. The predicted molar refractivity (Wildman–Crippen MR) is 76.2 cm³/mol. The topological polar surface area (TPSA) is 40.5 Å². The van der Waals surface area contributed by atoms with Crippen LogP contribution in [0.3, 0.4) is 0 Å². The van der Waals surface area contributed by atoms with Gasteiger partial charge in [0, 0.05) is 18.0 Å². The van der Waals surface area contributed by atoms with Crippen molar-refractivity contribution < 1.29 is 23.1 Å². The maximum atomic E-state index is 12.7. The summed E-state index contributed by atoms with van der Waals surface area (Å²) in [5.41, 5.74) is 0.686. The smallest absolute Gasteiger partial charge is 0.391 e. The zero-order valence-electron chi connectivity index (χ0n) is 11.5. The van der Waals surface area contributed by atoms with Crippen molar-refractivity contribution in [3.63, 3.8) is 0 Å². The fraction of sp³-hybridized carbons (Fsp3) is 0.500. The summed E-state index contributed by atoms with van der Waals surface area (Å²) in [5.74, 6) is -2.33. The lowest BCUT2D eigenvalue weighted by Gasteiger charge is -2.35. The Hall–Kier alpha value is -1.37.